The number of furan rings is 1. The number of rotatable bonds is 8. The monoisotopic (exact) mass is 434 g/mol. The molecule has 3 aromatic rings. The molecule has 0 fully saturated rings. The molecule has 7 nitrogen and oxygen atoms in total. The van der Waals surface area contributed by atoms with Crippen LogP contribution in [0.15, 0.2) is 46.2 Å². The number of thioether (sulfide) groups is 1. The minimum absolute atomic E-state index is 0.0474. The number of esters is 1. The molecule has 0 aliphatic rings. The van der Waals surface area contributed by atoms with Gasteiger partial charge in [-0.15, -0.1) is 10.2 Å². The van der Waals surface area contributed by atoms with Gasteiger partial charge >= 0.3 is 5.97 Å². The molecule has 0 saturated carbocycles. The third-order valence-electron chi connectivity index (χ3n) is 4.46. The van der Waals surface area contributed by atoms with Gasteiger partial charge < -0.3 is 9.15 Å². The van der Waals surface area contributed by atoms with E-state index in [4.69, 9.17) is 20.8 Å². The van der Waals surface area contributed by atoms with E-state index in [9.17, 15) is 4.79 Å². The van der Waals surface area contributed by atoms with Crippen molar-refractivity contribution in [3.8, 4) is 5.69 Å². The highest BCUT2D eigenvalue weighted by atomic mass is 35.5. The molecule has 0 N–H and O–H groups in total. The predicted molar refractivity (Wildman–Crippen MR) is 113 cm³/mol. The number of carbonyl (C=O) groups is 1. The maximum absolute atomic E-state index is 12.1. The maximum Gasteiger partial charge on any atom is 0.341 e. The Morgan fingerprint density at radius 2 is 2.00 bits per heavy atom. The molecule has 0 saturated heterocycles. The average molecular weight is 435 g/mol. The summed E-state index contributed by atoms with van der Waals surface area (Å²) in [6, 6.07) is 9.20. The van der Waals surface area contributed by atoms with Crippen LogP contribution in [0.3, 0.4) is 0 Å². The molecule has 0 radical (unpaired) electrons. The zero-order valence-electron chi connectivity index (χ0n) is 16.8. The van der Waals surface area contributed by atoms with E-state index < -0.39 is 5.97 Å². The smallest absolute Gasteiger partial charge is 0.341 e. The van der Waals surface area contributed by atoms with E-state index in [2.05, 4.69) is 22.0 Å². The first-order valence-corrected chi connectivity index (χ1v) is 10.5. The quantitative estimate of drug-likeness (QED) is 0.378. The standard InChI is InChI=1S/C20H23ClN4O3S/c1-5-27-19(26)16-10-11-28-17(16)12-29-20-23-22-18(13(2)24(3)4)25(20)15-8-6-14(21)7-9-15/h6-11,13H,5,12H2,1-4H3/t13-/m0/s1. The Bertz CT molecular complexity index is 969. The van der Waals surface area contributed by atoms with Crippen molar-refractivity contribution in [2.24, 2.45) is 0 Å². The van der Waals surface area contributed by atoms with E-state index in [1.54, 1.807) is 13.0 Å². The van der Waals surface area contributed by atoms with Gasteiger partial charge in [-0.1, -0.05) is 23.4 Å². The molecule has 2 aromatic heterocycles. The molecule has 0 amide bonds. The second-order valence-corrected chi connectivity index (χ2v) is 7.94. The van der Waals surface area contributed by atoms with Crippen molar-refractivity contribution in [2.75, 3.05) is 20.7 Å². The third kappa shape index (κ3) is 4.83. The van der Waals surface area contributed by atoms with Gasteiger partial charge in [-0.25, -0.2) is 4.79 Å². The Labute approximate surface area is 179 Å². The molecule has 0 aliphatic heterocycles. The summed E-state index contributed by atoms with van der Waals surface area (Å²) in [6.07, 6.45) is 1.49. The summed E-state index contributed by atoms with van der Waals surface area (Å²) in [4.78, 5) is 14.1. The molecule has 0 aliphatic carbocycles. The van der Waals surface area contributed by atoms with Gasteiger partial charge in [0.05, 0.1) is 24.7 Å². The number of carbonyl (C=O) groups excluding carboxylic acids is 1. The Kier molecular flexibility index (Phi) is 7.00. The molecule has 2 heterocycles. The first kappa shape index (κ1) is 21.4. The third-order valence-corrected chi connectivity index (χ3v) is 5.65. The van der Waals surface area contributed by atoms with Crippen molar-refractivity contribution in [1.82, 2.24) is 19.7 Å². The minimum atomic E-state index is -0.391. The largest absolute Gasteiger partial charge is 0.468 e. The average Bonchev–Trinajstić information content (AvgIpc) is 3.33. The van der Waals surface area contributed by atoms with E-state index in [0.29, 0.717) is 33.9 Å². The first-order valence-electron chi connectivity index (χ1n) is 9.16. The van der Waals surface area contributed by atoms with Gasteiger partial charge in [-0.2, -0.15) is 0 Å². The summed E-state index contributed by atoms with van der Waals surface area (Å²) < 4.78 is 12.6. The van der Waals surface area contributed by atoms with Gasteiger partial charge in [-0.05, 0) is 58.3 Å². The van der Waals surface area contributed by atoms with Gasteiger partial charge in [0.1, 0.15) is 11.3 Å². The topological polar surface area (TPSA) is 73.4 Å². The summed E-state index contributed by atoms with van der Waals surface area (Å²) in [6.45, 7) is 4.15. The van der Waals surface area contributed by atoms with Crippen LogP contribution in [0.25, 0.3) is 5.69 Å². The predicted octanol–water partition coefficient (Wildman–Crippen LogP) is 4.61. The lowest BCUT2D eigenvalue weighted by Gasteiger charge is -2.20. The summed E-state index contributed by atoms with van der Waals surface area (Å²) in [7, 11) is 3.99. The van der Waals surface area contributed by atoms with Crippen LogP contribution in [0.2, 0.25) is 5.02 Å². The molecule has 1 aromatic carbocycles. The van der Waals surface area contributed by atoms with Crippen LogP contribution in [0.5, 0.6) is 0 Å². The number of ether oxygens (including phenoxy) is 1. The zero-order valence-corrected chi connectivity index (χ0v) is 18.3. The molecule has 29 heavy (non-hydrogen) atoms. The highest BCUT2D eigenvalue weighted by Gasteiger charge is 2.22. The van der Waals surface area contributed by atoms with E-state index in [1.165, 1.54) is 18.0 Å². The van der Waals surface area contributed by atoms with Crippen LogP contribution in [-0.2, 0) is 10.5 Å². The van der Waals surface area contributed by atoms with Crippen molar-refractivity contribution in [3.63, 3.8) is 0 Å². The van der Waals surface area contributed by atoms with E-state index in [-0.39, 0.29) is 6.04 Å². The fraction of sp³-hybridized carbons (Fsp3) is 0.350. The Balaban J connectivity index is 1.91. The van der Waals surface area contributed by atoms with Crippen LogP contribution >= 0.6 is 23.4 Å². The lowest BCUT2D eigenvalue weighted by Crippen LogP contribution is -2.20. The molecular weight excluding hydrogens is 412 g/mol. The van der Waals surface area contributed by atoms with E-state index in [1.807, 2.05) is 42.9 Å². The van der Waals surface area contributed by atoms with Crippen LogP contribution in [-0.4, -0.2) is 46.3 Å². The Hall–Kier alpha value is -2.29. The first-order chi connectivity index (χ1) is 13.9. The van der Waals surface area contributed by atoms with Crippen molar-refractivity contribution < 1.29 is 13.9 Å². The van der Waals surface area contributed by atoms with Gasteiger partial charge in [-0.3, -0.25) is 9.47 Å². The summed E-state index contributed by atoms with van der Waals surface area (Å²) in [5.74, 6) is 1.38. The highest BCUT2D eigenvalue weighted by Crippen LogP contribution is 2.30. The fourth-order valence-electron chi connectivity index (χ4n) is 2.68. The van der Waals surface area contributed by atoms with Crippen LogP contribution < -0.4 is 0 Å². The zero-order chi connectivity index (χ0) is 21.0. The molecule has 0 unspecified atom stereocenters. The van der Waals surface area contributed by atoms with Crippen molar-refractivity contribution in [1.29, 1.82) is 0 Å². The molecule has 0 bridgehead atoms. The van der Waals surface area contributed by atoms with Gasteiger partial charge in [0, 0.05) is 10.7 Å². The number of benzene rings is 1. The second-order valence-electron chi connectivity index (χ2n) is 6.56. The summed E-state index contributed by atoms with van der Waals surface area (Å²) in [5, 5.41) is 10.2. The number of nitrogens with zero attached hydrogens (tertiary/aromatic N) is 4. The second kappa shape index (κ2) is 9.47. The number of aromatic nitrogens is 3. The maximum atomic E-state index is 12.1. The molecule has 9 heteroatoms. The van der Waals surface area contributed by atoms with Crippen LogP contribution in [0, 0.1) is 0 Å². The van der Waals surface area contributed by atoms with Gasteiger partial charge in [0.25, 0.3) is 0 Å². The summed E-state index contributed by atoms with van der Waals surface area (Å²) >= 11 is 7.50. The van der Waals surface area contributed by atoms with E-state index in [0.717, 1.165) is 11.5 Å². The van der Waals surface area contributed by atoms with E-state index >= 15 is 0 Å². The molecule has 3 rings (SSSR count). The molecule has 154 valence electrons. The van der Waals surface area contributed by atoms with Crippen LogP contribution in [0.4, 0.5) is 0 Å². The van der Waals surface area contributed by atoms with Gasteiger partial charge in [0.15, 0.2) is 11.0 Å². The molecular formula is C20H23ClN4O3S. The van der Waals surface area contributed by atoms with Crippen molar-refractivity contribution in [2.45, 2.75) is 30.8 Å². The fourth-order valence-corrected chi connectivity index (χ4v) is 3.72. The molecule has 1 atom stereocenters. The van der Waals surface area contributed by atoms with Crippen LogP contribution in [0.1, 0.15) is 41.8 Å². The normalized spacial score (nSPS) is 12.3. The lowest BCUT2D eigenvalue weighted by molar-refractivity contribution is 0.0524. The Morgan fingerprint density at radius 3 is 2.66 bits per heavy atom. The minimum Gasteiger partial charge on any atom is -0.468 e. The van der Waals surface area contributed by atoms with Gasteiger partial charge in [0.2, 0.25) is 0 Å². The number of hydrogen-bond donors (Lipinski definition) is 0. The number of halogens is 1. The highest BCUT2D eigenvalue weighted by molar-refractivity contribution is 7.98. The lowest BCUT2D eigenvalue weighted by atomic mass is 10.2. The SMILES string of the molecule is CCOC(=O)c1ccoc1CSc1nnc([C@H](C)N(C)C)n1-c1ccc(Cl)cc1. The number of hydrogen-bond acceptors (Lipinski definition) is 7. The van der Waals surface area contributed by atoms with Crippen molar-refractivity contribution in [3.05, 3.63) is 58.8 Å². The Morgan fingerprint density at radius 1 is 1.28 bits per heavy atom. The summed E-state index contributed by atoms with van der Waals surface area (Å²) in [5.41, 5.74) is 1.34. The van der Waals surface area contributed by atoms with Crippen molar-refractivity contribution >= 4 is 29.3 Å². The molecule has 0 spiro atoms.